The first-order chi connectivity index (χ1) is 11.2. The second-order valence-corrected chi connectivity index (χ2v) is 4.34. The van der Waals surface area contributed by atoms with Gasteiger partial charge in [-0.15, -0.1) is 0 Å². The van der Waals surface area contributed by atoms with Gasteiger partial charge in [-0.1, -0.05) is 0 Å². The molecule has 0 amide bonds. The molecule has 0 fully saturated rings. The third-order valence-electron chi connectivity index (χ3n) is 2.58. The Bertz CT molecular complexity index is 446. The highest BCUT2D eigenvalue weighted by Crippen LogP contribution is 2.16. The summed E-state index contributed by atoms with van der Waals surface area (Å²) in [6, 6.07) is 0. The van der Waals surface area contributed by atoms with Gasteiger partial charge < -0.3 is 29.4 Å². The van der Waals surface area contributed by atoms with E-state index in [-0.39, 0.29) is 39.6 Å². The van der Waals surface area contributed by atoms with E-state index < -0.39 is 0 Å². The lowest BCUT2D eigenvalue weighted by atomic mass is 10.7. The van der Waals surface area contributed by atoms with Crippen LogP contribution in [-0.2, 0) is 18.9 Å². The number of aliphatic hydroxyl groups is 1. The van der Waals surface area contributed by atoms with Gasteiger partial charge in [0.05, 0.1) is 0 Å². The maximum Gasteiger partial charge on any atom is 0.235 e. The highest BCUT2D eigenvalue weighted by molar-refractivity contribution is 5.44. The van der Waals surface area contributed by atoms with E-state index in [1.807, 2.05) is 0 Å². The third-order valence-corrected chi connectivity index (χ3v) is 2.58. The molecule has 1 rings (SSSR count). The molecular formula is C12H24N6O5. The quantitative estimate of drug-likeness (QED) is 0.472. The van der Waals surface area contributed by atoms with E-state index in [0.717, 1.165) is 0 Å². The lowest BCUT2D eigenvalue weighted by molar-refractivity contribution is 0.138. The molecule has 1 aromatic rings. The molecule has 0 aromatic carbocycles. The molecule has 11 nitrogen and oxygen atoms in total. The molecule has 0 unspecified atom stereocenters. The van der Waals surface area contributed by atoms with Crippen LogP contribution in [0.15, 0.2) is 0 Å². The summed E-state index contributed by atoms with van der Waals surface area (Å²) in [5.41, 5.74) is 0. The number of methoxy groups -OCH3 is 4. The Hall–Kier alpha value is -1.79. The van der Waals surface area contributed by atoms with Gasteiger partial charge >= 0.3 is 0 Å². The highest BCUT2D eigenvalue weighted by Gasteiger charge is 2.17. The molecule has 0 saturated heterocycles. The molecule has 0 saturated carbocycles. The normalized spacial score (nSPS) is 10.7. The fourth-order valence-corrected chi connectivity index (χ4v) is 1.63. The molecule has 0 aliphatic heterocycles. The predicted octanol–water partition coefficient (Wildman–Crippen LogP) is -0.738. The standard InChI is InChI=1S/C12H24N6O5/c1-20-5-13-10-14-11(17(6-19)7-21-2)16-12(15-10)18(8-22-3)9-23-4/h19H,5-9H2,1-4H3,(H,13,14,15,16). The molecule has 0 aliphatic rings. The van der Waals surface area contributed by atoms with Crippen molar-refractivity contribution in [3.63, 3.8) is 0 Å². The number of aliphatic hydroxyl groups excluding tert-OH is 1. The minimum Gasteiger partial charge on any atom is -0.376 e. The summed E-state index contributed by atoms with van der Waals surface area (Å²) in [7, 11) is 6.17. The van der Waals surface area contributed by atoms with Gasteiger partial charge in [-0.05, 0) is 0 Å². The average Bonchev–Trinajstić information content (AvgIpc) is 2.57. The Kier molecular flexibility index (Phi) is 9.09. The minimum absolute atomic E-state index is 0.123. The number of rotatable bonds is 12. The number of hydrogen-bond acceptors (Lipinski definition) is 11. The molecule has 0 spiro atoms. The number of anilines is 3. The molecule has 132 valence electrons. The number of nitrogens with one attached hydrogen (secondary N) is 1. The SMILES string of the molecule is COCNc1nc(N(CO)COC)nc(N(COC)COC)n1. The van der Waals surface area contributed by atoms with Gasteiger partial charge in [0.15, 0.2) is 0 Å². The molecule has 0 aliphatic carbocycles. The van der Waals surface area contributed by atoms with E-state index in [1.165, 1.54) is 12.0 Å². The Morgan fingerprint density at radius 2 is 1.35 bits per heavy atom. The first-order valence-electron chi connectivity index (χ1n) is 6.76. The van der Waals surface area contributed by atoms with Crippen LogP contribution in [0.5, 0.6) is 0 Å². The van der Waals surface area contributed by atoms with Crippen molar-refractivity contribution in [1.29, 1.82) is 0 Å². The summed E-state index contributed by atoms with van der Waals surface area (Å²) in [5.74, 6) is 0.862. The molecule has 0 radical (unpaired) electrons. The van der Waals surface area contributed by atoms with Gasteiger partial charge in [-0.3, -0.25) is 9.80 Å². The largest absolute Gasteiger partial charge is 0.376 e. The Balaban J connectivity index is 3.15. The van der Waals surface area contributed by atoms with E-state index in [2.05, 4.69) is 20.3 Å². The zero-order valence-corrected chi connectivity index (χ0v) is 13.9. The minimum atomic E-state index is -0.310. The molecule has 0 bridgehead atoms. The van der Waals surface area contributed by atoms with Crippen LogP contribution in [-0.4, -0.2) is 82.2 Å². The summed E-state index contributed by atoms with van der Waals surface area (Å²) in [6.07, 6.45) is 0. The van der Waals surface area contributed by atoms with Crippen molar-refractivity contribution in [2.75, 3.05) is 77.2 Å². The van der Waals surface area contributed by atoms with Crippen molar-refractivity contribution in [2.45, 2.75) is 0 Å². The van der Waals surface area contributed by atoms with Crippen LogP contribution >= 0.6 is 0 Å². The summed E-state index contributed by atoms with van der Waals surface area (Å²) in [4.78, 5) is 15.9. The summed E-state index contributed by atoms with van der Waals surface area (Å²) >= 11 is 0. The molecule has 0 atom stereocenters. The Labute approximate surface area is 135 Å². The fraction of sp³-hybridized carbons (Fsp3) is 0.750. The maximum atomic E-state index is 9.45. The van der Waals surface area contributed by atoms with Gasteiger partial charge in [-0.25, -0.2) is 0 Å². The summed E-state index contributed by atoms with van der Waals surface area (Å²) < 4.78 is 20.2. The van der Waals surface area contributed by atoms with Crippen molar-refractivity contribution in [3.05, 3.63) is 0 Å². The van der Waals surface area contributed by atoms with E-state index in [1.54, 1.807) is 26.2 Å². The van der Waals surface area contributed by atoms with Crippen molar-refractivity contribution in [3.8, 4) is 0 Å². The molecule has 11 heteroatoms. The zero-order valence-electron chi connectivity index (χ0n) is 13.9. The Morgan fingerprint density at radius 3 is 1.83 bits per heavy atom. The van der Waals surface area contributed by atoms with Crippen LogP contribution in [0.25, 0.3) is 0 Å². The fourth-order valence-electron chi connectivity index (χ4n) is 1.63. The third kappa shape index (κ3) is 6.08. The predicted molar refractivity (Wildman–Crippen MR) is 83.0 cm³/mol. The van der Waals surface area contributed by atoms with Crippen molar-refractivity contribution in [1.82, 2.24) is 15.0 Å². The second-order valence-electron chi connectivity index (χ2n) is 4.34. The van der Waals surface area contributed by atoms with Gasteiger partial charge in [0.1, 0.15) is 33.7 Å². The van der Waals surface area contributed by atoms with E-state index in [4.69, 9.17) is 18.9 Å². The van der Waals surface area contributed by atoms with Crippen LogP contribution in [0.2, 0.25) is 0 Å². The maximum absolute atomic E-state index is 9.45. The van der Waals surface area contributed by atoms with Crippen molar-refractivity contribution >= 4 is 17.8 Å². The van der Waals surface area contributed by atoms with Crippen molar-refractivity contribution < 1.29 is 24.1 Å². The topological polar surface area (TPSA) is 114 Å². The van der Waals surface area contributed by atoms with Crippen LogP contribution in [0.4, 0.5) is 17.8 Å². The summed E-state index contributed by atoms with van der Waals surface area (Å²) in [5, 5.41) is 12.3. The molecular weight excluding hydrogens is 308 g/mol. The smallest absolute Gasteiger partial charge is 0.235 e. The number of aromatic nitrogens is 3. The first-order valence-corrected chi connectivity index (χ1v) is 6.76. The van der Waals surface area contributed by atoms with Crippen LogP contribution in [0.3, 0.4) is 0 Å². The van der Waals surface area contributed by atoms with Gasteiger partial charge in [0.2, 0.25) is 17.8 Å². The lowest BCUT2D eigenvalue weighted by Gasteiger charge is -2.24. The lowest BCUT2D eigenvalue weighted by Crippen LogP contribution is -2.33. The van der Waals surface area contributed by atoms with Crippen LogP contribution in [0, 0.1) is 0 Å². The van der Waals surface area contributed by atoms with E-state index in [9.17, 15) is 5.11 Å². The van der Waals surface area contributed by atoms with Gasteiger partial charge in [0, 0.05) is 28.4 Å². The Morgan fingerprint density at radius 1 is 0.826 bits per heavy atom. The van der Waals surface area contributed by atoms with Crippen LogP contribution < -0.4 is 15.1 Å². The number of nitrogens with zero attached hydrogens (tertiary/aromatic N) is 5. The second kappa shape index (κ2) is 10.9. The average molecular weight is 332 g/mol. The number of ether oxygens (including phenoxy) is 4. The molecule has 23 heavy (non-hydrogen) atoms. The molecule has 1 aromatic heterocycles. The monoisotopic (exact) mass is 332 g/mol. The molecule has 2 N–H and O–H groups in total. The molecule has 1 heterocycles. The number of hydrogen-bond donors (Lipinski definition) is 2. The zero-order chi connectivity index (χ0) is 17.1. The summed E-state index contributed by atoms with van der Waals surface area (Å²) in [6.45, 7) is 0.490. The van der Waals surface area contributed by atoms with E-state index >= 15 is 0 Å². The van der Waals surface area contributed by atoms with Crippen LogP contribution in [0.1, 0.15) is 0 Å². The van der Waals surface area contributed by atoms with Gasteiger partial charge in [0.25, 0.3) is 0 Å². The first kappa shape index (κ1) is 19.3. The van der Waals surface area contributed by atoms with Gasteiger partial charge in [-0.2, -0.15) is 15.0 Å². The highest BCUT2D eigenvalue weighted by atomic mass is 16.5. The van der Waals surface area contributed by atoms with E-state index in [0.29, 0.717) is 11.9 Å². The van der Waals surface area contributed by atoms with Crippen molar-refractivity contribution in [2.24, 2.45) is 0 Å².